The number of hydrogen-bond donors (Lipinski definition) is 0. The quantitative estimate of drug-likeness (QED) is 0.286. The minimum atomic E-state index is 0.683. The Morgan fingerprint density at radius 2 is 1.24 bits per heavy atom. The van der Waals surface area contributed by atoms with Gasteiger partial charge in [0.15, 0.2) is 0 Å². The molecular formula is C46H40. The van der Waals surface area contributed by atoms with Crippen LogP contribution in [0.2, 0.25) is 0 Å². The van der Waals surface area contributed by atoms with Crippen molar-refractivity contribution >= 4 is 22.3 Å². The summed E-state index contributed by atoms with van der Waals surface area (Å²) in [5.74, 6) is 0.683. The molecule has 0 N–H and O–H groups in total. The van der Waals surface area contributed by atoms with Gasteiger partial charge in [0.1, 0.15) is 0 Å². The average Bonchev–Trinajstić information content (AvgIpc) is 3.45. The first-order chi connectivity index (χ1) is 22.8. The van der Waals surface area contributed by atoms with Crippen LogP contribution < -0.4 is 20.9 Å². The summed E-state index contributed by atoms with van der Waals surface area (Å²) in [5, 5.41) is 5.78. The van der Waals surface area contributed by atoms with Crippen LogP contribution in [0.15, 0.2) is 150 Å². The van der Waals surface area contributed by atoms with E-state index in [4.69, 9.17) is 0 Å². The monoisotopic (exact) mass is 592 g/mol. The van der Waals surface area contributed by atoms with Crippen LogP contribution >= 0.6 is 0 Å². The van der Waals surface area contributed by atoms with E-state index in [-0.39, 0.29) is 0 Å². The van der Waals surface area contributed by atoms with Gasteiger partial charge in [0.25, 0.3) is 0 Å². The van der Waals surface area contributed by atoms with Crippen LogP contribution in [0.25, 0.3) is 33.4 Å². The predicted molar refractivity (Wildman–Crippen MR) is 194 cm³/mol. The van der Waals surface area contributed by atoms with Crippen LogP contribution in [0.5, 0.6) is 0 Å². The molecule has 0 aliphatic heterocycles. The van der Waals surface area contributed by atoms with Crippen LogP contribution in [-0.2, 0) is 0 Å². The van der Waals surface area contributed by atoms with Gasteiger partial charge < -0.3 is 0 Å². The first-order valence-electron chi connectivity index (χ1n) is 17.4. The lowest BCUT2D eigenvalue weighted by molar-refractivity contribution is 0.559. The molecule has 3 aromatic rings. The Balaban J connectivity index is 1.19. The Labute approximate surface area is 272 Å². The lowest BCUT2D eigenvalue weighted by atomic mass is 9.78. The second-order valence-corrected chi connectivity index (χ2v) is 13.6. The molecular weight excluding hydrogens is 553 g/mol. The second-order valence-electron chi connectivity index (χ2n) is 13.6. The number of allylic oxidation sites excluding steroid dienone is 14. The third kappa shape index (κ3) is 4.66. The maximum absolute atomic E-state index is 2.50. The number of fused-ring (bicyclic) bond motifs is 5. The van der Waals surface area contributed by atoms with E-state index in [1.54, 1.807) is 11.1 Å². The molecule has 0 radical (unpaired) electrons. The zero-order valence-corrected chi connectivity index (χ0v) is 26.6. The highest BCUT2D eigenvalue weighted by Gasteiger charge is 2.26. The van der Waals surface area contributed by atoms with Crippen molar-refractivity contribution in [2.24, 2.45) is 5.92 Å². The van der Waals surface area contributed by atoms with Crippen molar-refractivity contribution in [3.8, 4) is 11.1 Å². The van der Waals surface area contributed by atoms with Crippen LogP contribution in [0.4, 0.5) is 0 Å². The van der Waals surface area contributed by atoms with Crippen molar-refractivity contribution in [3.63, 3.8) is 0 Å². The maximum Gasteiger partial charge on any atom is -0.00639 e. The Kier molecular flexibility index (Phi) is 6.96. The molecule has 0 aromatic heterocycles. The van der Waals surface area contributed by atoms with Gasteiger partial charge in [0.05, 0.1) is 0 Å². The number of rotatable bonds is 3. The molecule has 9 rings (SSSR count). The van der Waals surface area contributed by atoms with E-state index in [1.807, 2.05) is 0 Å². The summed E-state index contributed by atoms with van der Waals surface area (Å²) in [7, 11) is 0. The van der Waals surface area contributed by atoms with E-state index in [0.29, 0.717) is 5.92 Å². The molecule has 46 heavy (non-hydrogen) atoms. The summed E-state index contributed by atoms with van der Waals surface area (Å²) in [4.78, 5) is 0. The average molecular weight is 593 g/mol. The van der Waals surface area contributed by atoms with Crippen LogP contribution in [0.3, 0.4) is 0 Å². The Morgan fingerprint density at radius 1 is 0.500 bits per heavy atom. The van der Waals surface area contributed by atoms with Gasteiger partial charge in [-0.25, -0.2) is 0 Å². The summed E-state index contributed by atoms with van der Waals surface area (Å²) in [6.45, 7) is 0. The largest absolute Gasteiger partial charge is 0.0842 e. The Morgan fingerprint density at radius 3 is 2.11 bits per heavy atom. The lowest BCUT2D eigenvalue weighted by Gasteiger charge is -2.26. The smallest absolute Gasteiger partial charge is 0.00639 e. The minimum Gasteiger partial charge on any atom is -0.0842 e. The van der Waals surface area contributed by atoms with Gasteiger partial charge in [-0.2, -0.15) is 0 Å². The lowest BCUT2D eigenvalue weighted by Crippen LogP contribution is -2.32. The molecule has 0 bridgehead atoms. The summed E-state index contributed by atoms with van der Waals surface area (Å²) < 4.78 is 0. The van der Waals surface area contributed by atoms with E-state index in [0.717, 1.165) is 44.9 Å². The van der Waals surface area contributed by atoms with Gasteiger partial charge in [-0.1, -0.05) is 127 Å². The summed E-state index contributed by atoms with van der Waals surface area (Å²) in [6.07, 6.45) is 33.8. The fourth-order valence-electron chi connectivity index (χ4n) is 8.92. The molecule has 1 atom stereocenters. The van der Waals surface area contributed by atoms with Gasteiger partial charge in [-0.05, 0) is 146 Å². The molecule has 0 fully saturated rings. The Hall–Kier alpha value is -4.68. The maximum atomic E-state index is 2.50. The highest BCUT2D eigenvalue weighted by molar-refractivity contribution is 5.92. The molecule has 1 unspecified atom stereocenters. The second kappa shape index (κ2) is 11.6. The molecule has 0 heteroatoms. The van der Waals surface area contributed by atoms with E-state index in [9.17, 15) is 0 Å². The van der Waals surface area contributed by atoms with Gasteiger partial charge in [0, 0.05) is 0 Å². The van der Waals surface area contributed by atoms with Crippen molar-refractivity contribution in [1.82, 2.24) is 0 Å². The first-order valence-corrected chi connectivity index (χ1v) is 17.4. The van der Waals surface area contributed by atoms with Crippen molar-refractivity contribution in [2.45, 2.75) is 57.8 Å². The van der Waals surface area contributed by atoms with E-state index in [1.165, 1.54) is 83.8 Å². The zero-order chi connectivity index (χ0) is 30.5. The number of benzene rings is 3. The minimum absolute atomic E-state index is 0.683. The first kappa shape index (κ1) is 27.6. The number of hydrogen-bond acceptors (Lipinski definition) is 0. The van der Waals surface area contributed by atoms with Gasteiger partial charge in [-0.15, -0.1) is 0 Å². The van der Waals surface area contributed by atoms with Gasteiger partial charge in [0.2, 0.25) is 0 Å². The van der Waals surface area contributed by atoms with Crippen molar-refractivity contribution in [1.29, 1.82) is 0 Å². The van der Waals surface area contributed by atoms with E-state index in [2.05, 4.69) is 127 Å². The Bertz CT molecular complexity index is 2270. The molecule has 0 nitrogen and oxygen atoms in total. The normalized spacial score (nSPS) is 21.4. The van der Waals surface area contributed by atoms with Gasteiger partial charge >= 0.3 is 0 Å². The van der Waals surface area contributed by atoms with Crippen LogP contribution in [0, 0.1) is 5.92 Å². The van der Waals surface area contributed by atoms with Crippen molar-refractivity contribution in [3.05, 3.63) is 176 Å². The third-order valence-corrected chi connectivity index (χ3v) is 11.2. The van der Waals surface area contributed by atoms with E-state index >= 15 is 0 Å². The molecule has 0 saturated carbocycles. The molecule has 0 spiro atoms. The zero-order valence-electron chi connectivity index (χ0n) is 26.6. The fraction of sp³-hybridized carbons (Fsp3) is 0.217. The molecule has 6 aliphatic rings. The summed E-state index contributed by atoms with van der Waals surface area (Å²) >= 11 is 0. The SMILES string of the molecule is C1=CCCC(C2=CC=C(C3=c4cccc5c4=C(CC3)c3ccccc3-5)CC2)=c2ccccc2=C(C2=CC3=CC=CCC3CC2)C=C1. The predicted octanol–water partition coefficient (Wildman–Crippen LogP) is 8.59. The molecule has 3 aromatic carbocycles. The highest BCUT2D eigenvalue weighted by Crippen LogP contribution is 2.39. The third-order valence-electron chi connectivity index (χ3n) is 11.2. The molecule has 0 heterocycles. The van der Waals surface area contributed by atoms with Crippen LogP contribution in [0.1, 0.15) is 63.4 Å². The molecule has 6 aliphatic carbocycles. The molecule has 0 saturated heterocycles. The van der Waals surface area contributed by atoms with Gasteiger partial charge in [-0.3, -0.25) is 0 Å². The topological polar surface area (TPSA) is 0 Å². The van der Waals surface area contributed by atoms with E-state index < -0.39 is 0 Å². The summed E-state index contributed by atoms with van der Waals surface area (Å²) in [6, 6.07) is 25.2. The fourth-order valence-corrected chi connectivity index (χ4v) is 8.92. The van der Waals surface area contributed by atoms with Crippen molar-refractivity contribution in [2.75, 3.05) is 0 Å². The van der Waals surface area contributed by atoms with Crippen LogP contribution in [-0.4, -0.2) is 0 Å². The van der Waals surface area contributed by atoms with Crippen molar-refractivity contribution < 1.29 is 0 Å². The molecule has 0 amide bonds. The standard InChI is InChI=1S/C46H40/c1-2-4-15-37(35-27-22-31-12-5-6-13-34(31)30-35)40-17-8-7-16-39(40)36(14-3-1)32-23-25-33(26-24-32)38-28-29-45-42-19-10-9-18-41(42)44-21-11-20-43(38)46(44)45/h1-2,4-11,13,15-21,23,25,30-31H,3,12,14,22,24,26-29H2. The summed E-state index contributed by atoms with van der Waals surface area (Å²) in [5.41, 5.74) is 16.4. The highest BCUT2D eigenvalue weighted by atomic mass is 14.3. The molecule has 224 valence electrons.